The van der Waals surface area contributed by atoms with Crippen LogP contribution in [0, 0.1) is 13.8 Å². The zero-order valence-electron chi connectivity index (χ0n) is 48.9. The zero-order chi connectivity index (χ0) is 55.0. The van der Waals surface area contributed by atoms with Crippen LogP contribution in [0.1, 0.15) is 165 Å². The number of aryl methyl sites for hydroxylation is 2. The molecule has 0 fully saturated rings. The summed E-state index contributed by atoms with van der Waals surface area (Å²) in [5.41, 5.74) is 20.1. The summed E-state index contributed by atoms with van der Waals surface area (Å²) < 4.78 is 14.7. The van der Waals surface area contributed by atoms with Gasteiger partial charge in [0, 0.05) is 54.8 Å². The number of para-hydroxylation sites is 2. The summed E-state index contributed by atoms with van der Waals surface area (Å²) in [5.74, 6) is 1.12. The van der Waals surface area contributed by atoms with Crippen LogP contribution in [0.2, 0.25) is 0 Å². The fraction of sp³-hybridized carbons (Fsp3) is 0.297. The lowest BCUT2D eigenvalue weighted by molar-refractivity contribution is 0.572. The largest absolute Gasteiger partial charge is 0.454 e. The minimum atomic E-state index is -0.111. The van der Waals surface area contributed by atoms with Crippen LogP contribution < -0.4 is 9.80 Å². The number of furan rings is 2. The van der Waals surface area contributed by atoms with Gasteiger partial charge in [0.15, 0.2) is 11.2 Å². The maximum Gasteiger partial charge on any atom is 0.159 e. The predicted molar refractivity (Wildman–Crippen MR) is 337 cm³/mol. The molecule has 0 aliphatic carbocycles. The highest BCUT2D eigenvalue weighted by atomic mass is 16.3. The van der Waals surface area contributed by atoms with Crippen molar-refractivity contribution in [1.82, 2.24) is 0 Å². The number of anilines is 6. The molecular formula is C74H76N2O2. The van der Waals surface area contributed by atoms with Crippen LogP contribution in [-0.4, -0.2) is 0 Å². The van der Waals surface area contributed by atoms with Crippen LogP contribution in [0.4, 0.5) is 34.1 Å². The minimum Gasteiger partial charge on any atom is -0.454 e. The quantitative estimate of drug-likeness (QED) is 0.128. The second-order valence-electron chi connectivity index (χ2n) is 25.8. The maximum absolute atomic E-state index is 7.35. The highest BCUT2D eigenvalue weighted by Crippen LogP contribution is 2.55. The van der Waals surface area contributed by atoms with E-state index in [1.807, 2.05) is 0 Å². The van der Waals surface area contributed by atoms with Crippen molar-refractivity contribution in [3.8, 4) is 0 Å². The SMILES string of the molecule is Cc1ccc2c(oc3c(C(C)(C)C)cccc32)c1N(c1cccc(C(C)C)c1)c1cc(C(C)C)c2ccc3c(N(c4cccc(C(C)C)c4)c4c(C)ccc5c4oc4c(C(C)(C)C)cccc45)cc(C(C)C)c4ccc1c2c43. The Labute approximate surface area is 462 Å². The van der Waals surface area contributed by atoms with Gasteiger partial charge in [-0.1, -0.05) is 206 Å². The average Bonchev–Trinajstić information content (AvgIpc) is 3.83. The van der Waals surface area contributed by atoms with Crippen LogP contribution in [0.3, 0.4) is 0 Å². The van der Waals surface area contributed by atoms with Crippen LogP contribution in [0.5, 0.6) is 0 Å². The van der Waals surface area contributed by atoms with E-state index in [2.05, 4.69) is 266 Å². The van der Waals surface area contributed by atoms with Crippen molar-refractivity contribution in [2.75, 3.05) is 9.80 Å². The molecular weight excluding hydrogens is 949 g/mol. The summed E-state index contributed by atoms with van der Waals surface area (Å²) in [5, 5.41) is 12.1. The molecule has 10 aromatic carbocycles. The topological polar surface area (TPSA) is 32.8 Å². The van der Waals surface area contributed by atoms with Gasteiger partial charge in [-0.15, -0.1) is 0 Å². The summed E-state index contributed by atoms with van der Waals surface area (Å²) in [6.45, 7) is 36.8. The molecule has 0 aliphatic rings. The smallest absolute Gasteiger partial charge is 0.159 e. The number of hydrogen-bond acceptors (Lipinski definition) is 4. The fourth-order valence-corrected chi connectivity index (χ4v) is 12.8. The third-order valence-electron chi connectivity index (χ3n) is 17.0. The lowest BCUT2D eigenvalue weighted by Gasteiger charge is -2.32. The first-order chi connectivity index (χ1) is 37.1. The number of hydrogen-bond donors (Lipinski definition) is 0. The summed E-state index contributed by atoms with van der Waals surface area (Å²) in [6, 6.07) is 55.6. The summed E-state index contributed by atoms with van der Waals surface area (Å²) >= 11 is 0. The van der Waals surface area contributed by atoms with Gasteiger partial charge in [0.25, 0.3) is 0 Å². The van der Waals surface area contributed by atoms with Gasteiger partial charge in [-0.05, 0) is 140 Å². The molecule has 12 aromatic rings. The first-order valence-electron chi connectivity index (χ1n) is 28.6. The van der Waals surface area contributed by atoms with E-state index in [1.54, 1.807) is 0 Å². The van der Waals surface area contributed by atoms with Crippen LogP contribution in [-0.2, 0) is 10.8 Å². The Balaban J connectivity index is 1.23. The van der Waals surface area contributed by atoms with E-state index in [9.17, 15) is 0 Å². The van der Waals surface area contributed by atoms with Crippen LogP contribution in [0.15, 0.2) is 154 Å². The van der Waals surface area contributed by atoms with Crippen molar-refractivity contribution in [2.24, 2.45) is 0 Å². The second kappa shape index (κ2) is 18.5. The van der Waals surface area contributed by atoms with Gasteiger partial charge >= 0.3 is 0 Å². The zero-order valence-corrected chi connectivity index (χ0v) is 48.9. The van der Waals surface area contributed by atoms with Crippen molar-refractivity contribution >= 4 is 110 Å². The normalized spacial score (nSPS) is 12.8. The number of nitrogens with zero attached hydrogens (tertiary/aromatic N) is 2. The molecule has 0 saturated heterocycles. The molecule has 2 aromatic heterocycles. The molecule has 2 heterocycles. The minimum absolute atomic E-state index is 0.111. The van der Waals surface area contributed by atoms with Crippen molar-refractivity contribution < 1.29 is 8.83 Å². The van der Waals surface area contributed by atoms with E-state index in [0.29, 0.717) is 11.8 Å². The van der Waals surface area contributed by atoms with E-state index in [4.69, 9.17) is 8.83 Å². The van der Waals surface area contributed by atoms with E-state index < -0.39 is 0 Å². The first kappa shape index (κ1) is 51.2. The monoisotopic (exact) mass is 1020 g/mol. The predicted octanol–water partition coefficient (Wildman–Crippen LogP) is 23.0. The first-order valence-corrected chi connectivity index (χ1v) is 28.6. The Hall–Kier alpha value is -7.56. The highest BCUT2D eigenvalue weighted by molar-refractivity contribution is 6.30. The van der Waals surface area contributed by atoms with Crippen molar-refractivity contribution in [2.45, 2.75) is 145 Å². The molecule has 12 rings (SSSR count). The summed E-state index contributed by atoms with van der Waals surface area (Å²) in [6.07, 6.45) is 0. The molecule has 0 aliphatic heterocycles. The lowest BCUT2D eigenvalue weighted by atomic mass is 9.83. The van der Waals surface area contributed by atoms with Gasteiger partial charge < -0.3 is 18.6 Å². The molecule has 0 amide bonds. The Morgan fingerprint density at radius 2 is 0.692 bits per heavy atom. The van der Waals surface area contributed by atoms with E-state index in [1.165, 1.54) is 65.7 Å². The van der Waals surface area contributed by atoms with Gasteiger partial charge in [0.2, 0.25) is 0 Å². The molecule has 0 bridgehead atoms. The Morgan fingerprint density at radius 3 is 1.05 bits per heavy atom. The summed E-state index contributed by atoms with van der Waals surface area (Å²) in [4.78, 5) is 5.10. The third-order valence-corrected chi connectivity index (χ3v) is 17.0. The molecule has 394 valence electrons. The summed E-state index contributed by atoms with van der Waals surface area (Å²) in [7, 11) is 0. The molecule has 4 heteroatoms. The molecule has 78 heavy (non-hydrogen) atoms. The number of benzene rings is 10. The molecule has 0 radical (unpaired) electrons. The van der Waals surface area contributed by atoms with Crippen molar-refractivity contribution in [1.29, 1.82) is 0 Å². The van der Waals surface area contributed by atoms with E-state index in [-0.39, 0.29) is 22.7 Å². The Kier molecular flexibility index (Phi) is 12.2. The molecule has 0 N–H and O–H groups in total. The van der Waals surface area contributed by atoms with Gasteiger partial charge in [-0.25, -0.2) is 0 Å². The molecule has 0 saturated carbocycles. The number of fused-ring (bicyclic) bond motifs is 6. The lowest BCUT2D eigenvalue weighted by Crippen LogP contribution is -2.15. The van der Waals surface area contributed by atoms with Gasteiger partial charge in [0.05, 0.1) is 22.7 Å². The van der Waals surface area contributed by atoms with Crippen LogP contribution in [0.25, 0.3) is 76.2 Å². The average molecular weight is 1030 g/mol. The van der Waals surface area contributed by atoms with Gasteiger partial charge in [-0.3, -0.25) is 0 Å². The Bertz CT molecular complexity index is 4050. The molecule has 0 spiro atoms. The third kappa shape index (κ3) is 8.07. The van der Waals surface area contributed by atoms with Gasteiger partial charge in [-0.2, -0.15) is 0 Å². The van der Waals surface area contributed by atoms with Crippen molar-refractivity contribution in [3.05, 3.63) is 190 Å². The number of rotatable bonds is 10. The highest BCUT2D eigenvalue weighted by Gasteiger charge is 2.32. The van der Waals surface area contributed by atoms with Crippen LogP contribution >= 0.6 is 0 Å². The molecule has 0 atom stereocenters. The second-order valence-corrected chi connectivity index (χ2v) is 25.8. The fourth-order valence-electron chi connectivity index (χ4n) is 12.8. The van der Waals surface area contributed by atoms with E-state index >= 15 is 0 Å². The van der Waals surface area contributed by atoms with Gasteiger partial charge in [0.1, 0.15) is 11.2 Å². The maximum atomic E-state index is 7.35. The standard InChI is InChI=1S/C74H76N2O2/c1-41(2)47-21-17-23-49(37-47)75(67-45(9)29-31-55-53-25-19-27-61(73(11,12)13)69(53)77-71(55)67)63-39-59(43(5)6)51-34-36-58-64(40-60(44(7)8)52-33-35-57(63)65(51)66(52)58)76(50-24-18-22-48(38-50)42(3)4)68-46(10)30-32-56-54-26-20-28-62(74(14,15)16)70(54)78-72(56)68/h17-44H,1-16H3. The Morgan fingerprint density at radius 1 is 0.346 bits per heavy atom. The molecule has 0 unspecified atom stereocenters. The molecule has 4 nitrogen and oxygen atoms in total. The van der Waals surface area contributed by atoms with Crippen molar-refractivity contribution in [3.63, 3.8) is 0 Å². The van der Waals surface area contributed by atoms with E-state index in [0.717, 1.165) is 89.1 Å².